The third kappa shape index (κ3) is 3.36. The number of rotatable bonds is 3. The summed E-state index contributed by atoms with van der Waals surface area (Å²) in [4.78, 5) is 0.0219. The fourth-order valence-electron chi connectivity index (χ4n) is 2.08. The second-order valence-corrected chi connectivity index (χ2v) is 6.50. The quantitative estimate of drug-likeness (QED) is 0.792. The highest BCUT2D eigenvalue weighted by atomic mass is 32.2. The fraction of sp³-hybridized carbons (Fsp3) is 0.538. The Morgan fingerprint density at radius 2 is 1.85 bits per heavy atom. The lowest BCUT2D eigenvalue weighted by atomic mass is 10.0. The van der Waals surface area contributed by atoms with E-state index in [1.54, 1.807) is 19.1 Å². The van der Waals surface area contributed by atoms with Crippen molar-refractivity contribution in [3.8, 4) is 0 Å². The minimum absolute atomic E-state index is 0.0219. The molecule has 20 heavy (non-hydrogen) atoms. The van der Waals surface area contributed by atoms with Gasteiger partial charge in [-0.25, -0.2) is 0 Å². The number of hydrogen-bond donors (Lipinski definition) is 2. The summed E-state index contributed by atoms with van der Waals surface area (Å²) in [7, 11) is -3.98. The van der Waals surface area contributed by atoms with Crippen LogP contribution in [0.25, 0.3) is 0 Å². The van der Waals surface area contributed by atoms with E-state index in [-0.39, 0.29) is 11.3 Å². The number of aryl methyl sites for hydroxylation is 1. The van der Waals surface area contributed by atoms with Crippen LogP contribution in [-0.4, -0.2) is 43.2 Å². The summed E-state index contributed by atoms with van der Waals surface area (Å²) in [5.74, 6) is 0. The van der Waals surface area contributed by atoms with Crippen molar-refractivity contribution in [2.75, 3.05) is 0 Å². The molecule has 0 amide bonds. The molecule has 7 heteroatoms. The van der Waals surface area contributed by atoms with Crippen LogP contribution in [0.5, 0.6) is 0 Å². The van der Waals surface area contributed by atoms with Crippen molar-refractivity contribution in [3.63, 3.8) is 0 Å². The van der Waals surface area contributed by atoms with E-state index >= 15 is 0 Å². The maximum Gasteiger partial charge on any atom is 0.297 e. The topological polar surface area (TPSA) is 93.1 Å². The molecule has 0 saturated carbocycles. The molecule has 0 aliphatic carbocycles. The van der Waals surface area contributed by atoms with Gasteiger partial charge in [-0.15, -0.1) is 0 Å². The van der Waals surface area contributed by atoms with E-state index in [0.29, 0.717) is 0 Å². The molecule has 1 aliphatic rings. The van der Waals surface area contributed by atoms with E-state index in [2.05, 4.69) is 0 Å². The Labute approximate surface area is 118 Å². The lowest BCUT2D eigenvalue weighted by Crippen LogP contribution is -2.49. The van der Waals surface area contributed by atoms with Crippen LogP contribution in [0.4, 0.5) is 0 Å². The average molecular weight is 302 g/mol. The number of aliphatic hydroxyl groups excluding tert-OH is 2. The third-order valence-electron chi connectivity index (χ3n) is 3.20. The van der Waals surface area contributed by atoms with Crippen molar-refractivity contribution in [1.29, 1.82) is 0 Å². The Morgan fingerprint density at radius 1 is 1.25 bits per heavy atom. The molecule has 1 fully saturated rings. The first kappa shape index (κ1) is 15.4. The van der Waals surface area contributed by atoms with Gasteiger partial charge in [-0.1, -0.05) is 17.7 Å². The molecule has 2 N–H and O–H groups in total. The average Bonchev–Trinajstić information content (AvgIpc) is 2.34. The molecular formula is C13H18O6S. The molecule has 1 aromatic carbocycles. The fourth-order valence-corrected chi connectivity index (χ4v) is 3.24. The van der Waals surface area contributed by atoms with Crippen molar-refractivity contribution in [3.05, 3.63) is 29.8 Å². The molecule has 0 spiro atoms. The highest BCUT2D eigenvalue weighted by Gasteiger charge is 2.38. The zero-order valence-corrected chi connectivity index (χ0v) is 12.1. The van der Waals surface area contributed by atoms with Crippen LogP contribution in [0.2, 0.25) is 0 Å². The number of benzene rings is 1. The molecule has 2 rings (SSSR count). The van der Waals surface area contributed by atoms with E-state index in [0.717, 1.165) is 5.56 Å². The van der Waals surface area contributed by atoms with Gasteiger partial charge in [0.15, 0.2) is 6.29 Å². The van der Waals surface area contributed by atoms with Crippen LogP contribution >= 0.6 is 0 Å². The molecule has 1 heterocycles. The third-order valence-corrected chi connectivity index (χ3v) is 4.53. The van der Waals surface area contributed by atoms with Gasteiger partial charge in [0.1, 0.15) is 6.10 Å². The van der Waals surface area contributed by atoms with E-state index in [1.165, 1.54) is 12.1 Å². The Hall–Kier alpha value is -0.990. The van der Waals surface area contributed by atoms with Gasteiger partial charge in [0, 0.05) is 6.42 Å². The largest absolute Gasteiger partial charge is 0.390 e. The summed E-state index contributed by atoms with van der Waals surface area (Å²) >= 11 is 0. The summed E-state index contributed by atoms with van der Waals surface area (Å²) in [5, 5.41) is 19.2. The van der Waals surface area contributed by atoms with Gasteiger partial charge >= 0.3 is 0 Å². The van der Waals surface area contributed by atoms with Gasteiger partial charge in [-0.05, 0) is 26.0 Å². The van der Waals surface area contributed by atoms with Crippen LogP contribution in [0, 0.1) is 6.92 Å². The summed E-state index contributed by atoms with van der Waals surface area (Å²) in [6.45, 7) is 3.39. The van der Waals surface area contributed by atoms with E-state index in [9.17, 15) is 18.6 Å². The van der Waals surface area contributed by atoms with Crippen LogP contribution in [0.15, 0.2) is 29.2 Å². The minimum atomic E-state index is -3.98. The first-order valence-electron chi connectivity index (χ1n) is 6.31. The molecule has 0 bridgehead atoms. The van der Waals surface area contributed by atoms with Gasteiger partial charge in [0.05, 0.1) is 17.1 Å². The molecule has 1 saturated heterocycles. The van der Waals surface area contributed by atoms with E-state index < -0.39 is 34.7 Å². The molecule has 112 valence electrons. The lowest BCUT2D eigenvalue weighted by molar-refractivity contribution is -0.220. The Kier molecular flexibility index (Phi) is 4.46. The normalized spacial score (nSPS) is 31.2. The predicted octanol–water partition coefficient (Wildman–Crippen LogP) is 0.557. The molecule has 0 radical (unpaired) electrons. The Bertz CT molecular complexity index is 541. The second-order valence-electron chi connectivity index (χ2n) is 4.93. The highest BCUT2D eigenvalue weighted by molar-refractivity contribution is 7.86. The molecule has 1 aromatic rings. The van der Waals surface area contributed by atoms with E-state index in [1.807, 2.05) is 6.92 Å². The Balaban J connectivity index is 2.17. The molecular weight excluding hydrogens is 284 g/mol. The summed E-state index contributed by atoms with van der Waals surface area (Å²) < 4.78 is 34.4. The summed E-state index contributed by atoms with van der Waals surface area (Å²) in [5.41, 5.74) is 0.932. The smallest absolute Gasteiger partial charge is 0.297 e. The molecule has 4 atom stereocenters. The van der Waals surface area contributed by atoms with Gasteiger partial charge < -0.3 is 14.9 Å². The van der Waals surface area contributed by atoms with Crippen LogP contribution < -0.4 is 0 Å². The molecule has 6 nitrogen and oxygen atoms in total. The van der Waals surface area contributed by atoms with Crippen molar-refractivity contribution in [2.45, 2.75) is 49.8 Å². The van der Waals surface area contributed by atoms with Gasteiger partial charge in [-0.2, -0.15) is 8.42 Å². The highest BCUT2D eigenvalue weighted by Crippen LogP contribution is 2.25. The summed E-state index contributed by atoms with van der Waals surface area (Å²) in [6.07, 6.45) is -4.06. The molecule has 4 unspecified atom stereocenters. The van der Waals surface area contributed by atoms with Crippen LogP contribution in [-0.2, 0) is 19.0 Å². The van der Waals surface area contributed by atoms with Gasteiger partial charge in [0.2, 0.25) is 0 Å². The monoisotopic (exact) mass is 302 g/mol. The summed E-state index contributed by atoms with van der Waals surface area (Å²) in [6, 6.07) is 6.22. The standard InChI is InChI=1S/C13H18O6S/c1-8-3-5-10(6-4-8)20(16,17)19-13-9(2)18-12(15)7-11(13)14/h3-6,9,11-15H,7H2,1-2H3. The van der Waals surface area contributed by atoms with Crippen molar-refractivity contribution in [1.82, 2.24) is 0 Å². The second kappa shape index (κ2) is 5.79. The maximum atomic E-state index is 12.1. The first-order chi connectivity index (χ1) is 9.29. The maximum absolute atomic E-state index is 12.1. The van der Waals surface area contributed by atoms with Gasteiger partial charge in [-0.3, -0.25) is 4.18 Å². The lowest BCUT2D eigenvalue weighted by Gasteiger charge is -2.35. The molecule has 0 aromatic heterocycles. The first-order valence-corrected chi connectivity index (χ1v) is 7.72. The zero-order chi connectivity index (χ0) is 14.9. The van der Waals surface area contributed by atoms with Gasteiger partial charge in [0.25, 0.3) is 10.1 Å². The van der Waals surface area contributed by atoms with E-state index in [4.69, 9.17) is 8.92 Å². The van der Waals surface area contributed by atoms with Crippen LogP contribution in [0.3, 0.4) is 0 Å². The zero-order valence-electron chi connectivity index (χ0n) is 11.3. The number of hydrogen-bond acceptors (Lipinski definition) is 6. The van der Waals surface area contributed by atoms with Crippen molar-refractivity contribution >= 4 is 10.1 Å². The minimum Gasteiger partial charge on any atom is -0.390 e. The van der Waals surface area contributed by atoms with Crippen LogP contribution in [0.1, 0.15) is 18.9 Å². The SMILES string of the molecule is Cc1ccc(S(=O)(=O)OC2C(O)CC(O)OC2C)cc1. The van der Waals surface area contributed by atoms with Crippen molar-refractivity contribution < 1.29 is 27.6 Å². The number of aliphatic hydroxyl groups is 2. The van der Waals surface area contributed by atoms with Crippen molar-refractivity contribution in [2.24, 2.45) is 0 Å². The number of ether oxygens (including phenoxy) is 1. The predicted molar refractivity (Wildman–Crippen MR) is 70.4 cm³/mol. The Morgan fingerprint density at radius 3 is 2.40 bits per heavy atom. The molecule has 1 aliphatic heterocycles.